The fraction of sp³-hybridized carbons (Fsp3) is 0.476. The molecule has 0 radical (unpaired) electrons. The predicted octanol–water partition coefficient (Wildman–Crippen LogP) is 1.40. The number of halogens is 2. The summed E-state index contributed by atoms with van der Waals surface area (Å²) < 4.78 is 45.8. The Kier molecular flexibility index (Phi) is 6.45. The molecule has 5 rings (SSSR count). The Balaban J connectivity index is 1.67. The Morgan fingerprint density at radius 3 is 2.06 bits per heavy atom. The Labute approximate surface area is 193 Å². The molecule has 11 nitrogen and oxygen atoms in total. The van der Waals surface area contributed by atoms with E-state index < -0.39 is 12.2 Å². The standard InChI is InChI=1S/C21H23F2N7O4/c22-17(23)18-24-16-14(2-1-3-15(16)34-13-8-31)30(18)21-26-19(28-4-9-32-10-5-28)25-20(27-21)29-6-11-33-12-7-29/h1-3,8,17H,4-7,9-13H2. The number of hydrogen-bond acceptors (Lipinski definition) is 10. The number of imidazole rings is 1. The molecule has 2 aliphatic heterocycles. The first-order valence-corrected chi connectivity index (χ1v) is 10.9. The van der Waals surface area contributed by atoms with Crippen LogP contribution in [-0.4, -0.2) is 90.0 Å². The molecule has 0 spiro atoms. The van der Waals surface area contributed by atoms with Crippen LogP contribution in [0.5, 0.6) is 5.75 Å². The maximum Gasteiger partial charge on any atom is 0.296 e. The van der Waals surface area contributed by atoms with Crippen molar-refractivity contribution in [3.63, 3.8) is 0 Å². The van der Waals surface area contributed by atoms with Crippen LogP contribution < -0.4 is 14.5 Å². The van der Waals surface area contributed by atoms with Crippen LogP contribution in [0.1, 0.15) is 12.2 Å². The van der Waals surface area contributed by atoms with Crippen molar-refractivity contribution in [1.82, 2.24) is 24.5 Å². The van der Waals surface area contributed by atoms with Crippen LogP contribution in [0.4, 0.5) is 20.7 Å². The summed E-state index contributed by atoms with van der Waals surface area (Å²) in [7, 11) is 0. The number of fused-ring (bicyclic) bond motifs is 1. The van der Waals surface area contributed by atoms with Gasteiger partial charge in [0.2, 0.25) is 17.8 Å². The molecule has 2 aliphatic rings. The van der Waals surface area contributed by atoms with Crippen molar-refractivity contribution in [1.29, 1.82) is 0 Å². The average molecular weight is 475 g/mol. The molecular weight excluding hydrogens is 452 g/mol. The second kappa shape index (κ2) is 9.81. The highest BCUT2D eigenvalue weighted by Crippen LogP contribution is 2.32. The Bertz CT molecular complexity index is 1130. The van der Waals surface area contributed by atoms with Gasteiger partial charge in [0, 0.05) is 26.2 Å². The summed E-state index contributed by atoms with van der Waals surface area (Å²) in [5, 5.41) is 0. The molecule has 2 aromatic heterocycles. The number of alkyl halides is 2. The van der Waals surface area contributed by atoms with Gasteiger partial charge in [0.1, 0.15) is 17.9 Å². The number of rotatable bonds is 7. The van der Waals surface area contributed by atoms with Gasteiger partial charge >= 0.3 is 0 Å². The largest absolute Gasteiger partial charge is 0.484 e. The van der Waals surface area contributed by atoms with E-state index in [0.717, 1.165) is 0 Å². The third-order valence-corrected chi connectivity index (χ3v) is 5.56. The highest BCUT2D eigenvalue weighted by Gasteiger charge is 2.27. The van der Waals surface area contributed by atoms with E-state index in [1.165, 1.54) is 4.57 Å². The van der Waals surface area contributed by atoms with Crippen molar-refractivity contribution in [3.8, 4) is 11.7 Å². The van der Waals surface area contributed by atoms with Crippen LogP contribution in [0.25, 0.3) is 17.0 Å². The average Bonchev–Trinajstić information content (AvgIpc) is 3.29. The van der Waals surface area contributed by atoms with E-state index >= 15 is 0 Å². The molecule has 2 fully saturated rings. The molecule has 1 aromatic carbocycles. The van der Waals surface area contributed by atoms with Gasteiger partial charge in [-0.05, 0) is 12.1 Å². The minimum atomic E-state index is -2.90. The van der Waals surface area contributed by atoms with Crippen LogP contribution in [0.3, 0.4) is 0 Å². The van der Waals surface area contributed by atoms with Crippen molar-refractivity contribution >= 4 is 29.2 Å². The summed E-state index contributed by atoms with van der Waals surface area (Å²) in [5.41, 5.74) is 0.534. The number of carbonyl (C=O) groups is 1. The molecule has 0 bridgehead atoms. The minimum Gasteiger partial charge on any atom is -0.484 e. The second-order valence-corrected chi connectivity index (χ2v) is 7.64. The van der Waals surface area contributed by atoms with Gasteiger partial charge in [0.25, 0.3) is 6.43 Å². The van der Waals surface area contributed by atoms with E-state index in [1.807, 2.05) is 9.80 Å². The van der Waals surface area contributed by atoms with E-state index in [9.17, 15) is 13.6 Å². The van der Waals surface area contributed by atoms with Gasteiger partial charge in [0.15, 0.2) is 12.1 Å². The monoisotopic (exact) mass is 475 g/mol. The summed E-state index contributed by atoms with van der Waals surface area (Å²) in [6, 6.07) is 4.85. The van der Waals surface area contributed by atoms with Crippen molar-refractivity contribution in [3.05, 3.63) is 24.0 Å². The first kappa shape index (κ1) is 22.3. The highest BCUT2D eigenvalue weighted by atomic mass is 19.3. The number of anilines is 2. The SMILES string of the molecule is O=CCOc1cccc2c1nc(C(F)F)n2-c1nc(N2CCOCC2)nc(N2CCOCC2)n1. The summed E-state index contributed by atoms with van der Waals surface area (Å²) in [4.78, 5) is 32.5. The number of nitrogens with zero attached hydrogens (tertiary/aromatic N) is 7. The Hall–Kier alpha value is -3.45. The van der Waals surface area contributed by atoms with E-state index in [4.69, 9.17) is 14.2 Å². The van der Waals surface area contributed by atoms with Crippen molar-refractivity contribution in [2.75, 3.05) is 69.0 Å². The number of benzene rings is 1. The molecule has 2 saturated heterocycles. The molecule has 34 heavy (non-hydrogen) atoms. The number of hydrogen-bond donors (Lipinski definition) is 0. The zero-order valence-electron chi connectivity index (χ0n) is 18.3. The molecule has 3 aromatic rings. The lowest BCUT2D eigenvalue weighted by Crippen LogP contribution is -2.40. The van der Waals surface area contributed by atoms with Gasteiger partial charge in [-0.2, -0.15) is 15.0 Å². The summed E-state index contributed by atoms with van der Waals surface area (Å²) >= 11 is 0. The number of ether oxygens (including phenoxy) is 3. The highest BCUT2D eigenvalue weighted by molar-refractivity contribution is 5.84. The van der Waals surface area contributed by atoms with Gasteiger partial charge < -0.3 is 24.0 Å². The topological polar surface area (TPSA) is 108 Å². The molecule has 0 amide bonds. The Morgan fingerprint density at radius 2 is 1.50 bits per heavy atom. The summed E-state index contributed by atoms with van der Waals surface area (Å²) in [5.74, 6) is 0.490. The molecule has 0 atom stereocenters. The zero-order chi connectivity index (χ0) is 23.5. The minimum absolute atomic E-state index is 0.0309. The lowest BCUT2D eigenvalue weighted by atomic mass is 10.3. The van der Waals surface area contributed by atoms with Gasteiger partial charge in [-0.1, -0.05) is 6.07 Å². The van der Waals surface area contributed by atoms with Gasteiger partial charge in [-0.25, -0.2) is 13.8 Å². The molecule has 0 N–H and O–H groups in total. The number of para-hydroxylation sites is 1. The fourth-order valence-corrected chi connectivity index (χ4v) is 3.94. The van der Waals surface area contributed by atoms with Gasteiger partial charge in [-0.15, -0.1) is 0 Å². The van der Waals surface area contributed by atoms with Gasteiger partial charge in [-0.3, -0.25) is 9.36 Å². The zero-order valence-corrected chi connectivity index (χ0v) is 18.3. The summed E-state index contributed by atoms with van der Waals surface area (Å²) in [6.07, 6.45) is -2.32. The van der Waals surface area contributed by atoms with Crippen molar-refractivity contribution in [2.45, 2.75) is 6.43 Å². The first-order chi connectivity index (χ1) is 16.7. The molecule has 13 heteroatoms. The molecule has 0 unspecified atom stereocenters. The van der Waals surface area contributed by atoms with E-state index in [-0.39, 0.29) is 23.8 Å². The smallest absolute Gasteiger partial charge is 0.296 e. The van der Waals surface area contributed by atoms with Crippen LogP contribution in [0.2, 0.25) is 0 Å². The number of aldehydes is 1. The van der Waals surface area contributed by atoms with E-state index in [0.29, 0.717) is 76.3 Å². The molecule has 0 saturated carbocycles. The van der Waals surface area contributed by atoms with Gasteiger partial charge in [0.05, 0.1) is 31.9 Å². The second-order valence-electron chi connectivity index (χ2n) is 7.64. The molecular formula is C21H23F2N7O4. The van der Waals surface area contributed by atoms with E-state index in [2.05, 4.69) is 19.9 Å². The van der Waals surface area contributed by atoms with Crippen LogP contribution in [0.15, 0.2) is 18.2 Å². The fourth-order valence-electron chi connectivity index (χ4n) is 3.94. The van der Waals surface area contributed by atoms with Crippen LogP contribution >= 0.6 is 0 Å². The first-order valence-electron chi connectivity index (χ1n) is 10.9. The molecule has 180 valence electrons. The third kappa shape index (κ3) is 4.35. The lowest BCUT2D eigenvalue weighted by Gasteiger charge is -2.30. The number of aromatic nitrogens is 5. The Morgan fingerprint density at radius 1 is 0.912 bits per heavy atom. The quantitative estimate of drug-likeness (QED) is 0.465. The van der Waals surface area contributed by atoms with Crippen molar-refractivity contribution in [2.24, 2.45) is 0 Å². The van der Waals surface area contributed by atoms with Crippen LogP contribution in [-0.2, 0) is 14.3 Å². The maximum absolute atomic E-state index is 14.1. The number of morpholine rings is 2. The molecule has 0 aliphatic carbocycles. The van der Waals surface area contributed by atoms with E-state index in [1.54, 1.807) is 18.2 Å². The van der Waals surface area contributed by atoms with Crippen molar-refractivity contribution < 1.29 is 27.8 Å². The maximum atomic E-state index is 14.1. The normalized spacial score (nSPS) is 16.9. The lowest BCUT2D eigenvalue weighted by molar-refractivity contribution is -0.109. The number of carbonyl (C=O) groups excluding carboxylic acids is 1. The molecule has 4 heterocycles. The summed E-state index contributed by atoms with van der Waals surface area (Å²) in [6.45, 7) is 4.13. The predicted molar refractivity (Wildman–Crippen MR) is 117 cm³/mol. The third-order valence-electron chi connectivity index (χ3n) is 5.56. The van der Waals surface area contributed by atoms with Crippen LogP contribution in [0, 0.1) is 0 Å².